The molecule has 3 rings (SSSR count). The lowest BCUT2D eigenvalue weighted by Gasteiger charge is -2.36. The van der Waals surface area contributed by atoms with Crippen molar-refractivity contribution < 1.29 is 0 Å². The molecule has 0 saturated carbocycles. The second-order valence-corrected chi connectivity index (χ2v) is 7.44. The summed E-state index contributed by atoms with van der Waals surface area (Å²) in [5.74, 6) is 1.14. The molecule has 0 radical (unpaired) electrons. The van der Waals surface area contributed by atoms with Crippen molar-refractivity contribution in [3.05, 3.63) is 59.9 Å². The number of benzene rings is 1. The van der Waals surface area contributed by atoms with Crippen molar-refractivity contribution in [1.82, 2.24) is 10.3 Å². The first-order chi connectivity index (χ1) is 11.3. The Morgan fingerprint density at radius 3 is 2.70 bits per heavy atom. The Morgan fingerprint density at radius 1 is 1.17 bits per heavy atom. The summed E-state index contributed by atoms with van der Waals surface area (Å²) in [6.07, 6.45) is 8.73. The number of thioether (sulfide) groups is 1. The second kappa shape index (κ2) is 7.50. The van der Waals surface area contributed by atoms with Crippen LogP contribution in [-0.4, -0.2) is 16.3 Å². The van der Waals surface area contributed by atoms with Crippen molar-refractivity contribution in [3.63, 3.8) is 0 Å². The van der Waals surface area contributed by atoms with Gasteiger partial charge in [-0.05, 0) is 42.2 Å². The van der Waals surface area contributed by atoms with Crippen LogP contribution in [0.5, 0.6) is 0 Å². The molecule has 0 bridgehead atoms. The van der Waals surface area contributed by atoms with Gasteiger partial charge in [-0.2, -0.15) is 0 Å². The number of hydrogen-bond donors (Lipinski definition) is 1. The Balaban J connectivity index is 2.01. The van der Waals surface area contributed by atoms with Crippen molar-refractivity contribution in [2.24, 2.45) is 0 Å². The third-order valence-corrected chi connectivity index (χ3v) is 6.29. The molecule has 0 fully saturated rings. The first kappa shape index (κ1) is 16.5. The maximum absolute atomic E-state index is 4.19. The lowest BCUT2D eigenvalue weighted by Crippen LogP contribution is -2.48. The number of aromatic nitrogens is 1. The highest BCUT2D eigenvalue weighted by molar-refractivity contribution is 7.99. The van der Waals surface area contributed by atoms with Crippen LogP contribution in [-0.2, 0) is 0 Å². The Kier molecular flexibility index (Phi) is 5.39. The molecule has 1 N–H and O–H groups in total. The van der Waals surface area contributed by atoms with Crippen molar-refractivity contribution in [1.29, 1.82) is 0 Å². The van der Waals surface area contributed by atoms with Crippen LogP contribution < -0.4 is 5.32 Å². The zero-order valence-electron chi connectivity index (χ0n) is 14.1. The third-order valence-electron chi connectivity index (χ3n) is 4.91. The summed E-state index contributed by atoms with van der Waals surface area (Å²) in [6, 6.07) is 13.4. The summed E-state index contributed by atoms with van der Waals surface area (Å²) in [5, 5.41) is 4.04. The molecule has 2 heterocycles. The van der Waals surface area contributed by atoms with Crippen LogP contribution in [0.4, 0.5) is 0 Å². The summed E-state index contributed by atoms with van der Waals surface area (Å²) in [4.78, 5) is 5.60. The minimum absolute atomic E-state index is 0.202. The van der Waals surface area contributed by atoms with Gasteiger partial charge in [0.2, 0.25) is 0 Å². The summed E-state index contributed by atoms with van der Waals surface area (Å²) in [7, 11) is 0. The molecule has 2 nitrogen and oxygen atoms in total. The Bertz CT molecular complexity index is 629. The van der Waals surface area contributed by atoms with Gasteiger partial charge in [0.15, 0.2) is 0 Å². The Labute approximate surface area is 144 Å². The molecule has 0 spiro atoms. The molecule has 2 unspecified atom stereocenters. The third kappa shape index (κ3) is 3.61. The quantitative estimate of drug-likeness (QED) is 0.817. The molecule has 0 saturated heterocycles. The van der Waals surface area contributed by atoms with Gasteiger partial charge in [0.25, 0.3) is 0 Å². The minimum Gasteiger partial charge on any atom is -0.300 e. The van der Waals surface area contributed by atoms with Gasteiger partial charge in [0.1, 0.15) is 0 Å². The molecule has 2 atom stereocenters. The van der Waals surface area contributed by atoms with E-state index in [0.29, 0.717) is 0 Å². The van der Waals surface area contributed by atoms with E-state index in [0.717, 1.165) is 12.2 Å². The van der Waals surface area contributed by atoms with Crippen molar-refractivity contribution in [2.75, 3.05) is 5.75 Å². The molecule has 3 heteroatoms. The largest absolute Gasteiger partial charge is 0.300 e. The maximum atomic E-state index is 4.19. The van der Waals surface area contributed by atoms with Gasteiger partial charge < -0.3 is 0 Å². The maximum Gasteiger partial charge on any atom is 0.0593 e. The monoisotopic (exact) mass is 326 g/mol. The molecule has 1 aliphatic heterocycles. The summed E-state index contributed by atoms with van der Waals surface area (Å²) >= 11 is 2.01. The summed E-state index contributed by atoms with van der Waals surface area (Å²) in [6.45, 7) is 4.60. The van der Waals surface area contributed by atoms with Crippen LogP contribution in [0, 0.1) is 0 Å². The average Bonchev–Trinajstić information content (AvgIpc) is 2.79. The second-order valence-electron chi connectivity index (χ2n) is 6.42. The number of nitrogens with one attached hydrogen (secondary N) is 1. The number of fused-ring (bicyclic) bond motifs is 1. The molecule has 23 heavy (non-hydrogen) atoms. The fourth-order valence-corrected chi connectivity index (χ4v) is 4.74. The zero-order chi connectivity index (χ0) is 16.1. The van der Waals surface area contributed by atoms with E-state index in [1.54, 1.807) is 0 Å². The number of rotatable bonds is 5. The highest BCUT2D eigenvalue weighted by Gasteiger charge is 2.35. The normalized spacial score (nSPS) is 24.0. The molecule has 2 aromatic rings. The van der Waals surface area contributed by atoms with Gasteiger partial charge in [0.05, 0.1) is 6.04 Å². The van der Waals surface area contributed by atoms with Gasteiger partial charge in [-0.15, -0.1) is 11.8 Å². The van der Waals surface area contributed by atoms with Gasteiger partial charge in [-0.25, -0.2) is 0 Å². The van der Waals surface area contributed by atoms with E-state index in [1.807, 2.05) is 24.2 Å². The number of nitrogens with zero attached hydrogens (tertiary/aromatic N) is 1. The molecule has 0 aliphatic carbocycles. The highest BCUT2D eigenvalue weighted by Crippen LogP contribution is 2.40. The summed E-state index contributed by atoms with van der Waals surface area (Å²) in [5.41, 5.74) is 2.91. The Morgan fingerprint density at radius 2 is 1.96 bits per heavy atom. The Hall–Kier alpha value is -1.32. The minimum atomic E-state index is 0.202. The lowest BCUT2D eigenvalue weighted by atomic mass is 9.88. The predicted molar refractivity (Wildman–Crippen MR) is 98.9 cm³/mol. The van der Waals surface area contributed by atoms with E-state index in [-0.39, 0.29) is 11.6 Å². The molecular formula is C20H26N2S. The van der Waals surface area contributed by atoms with E-state index >= 15 is 0 Å². The fourth-order valence-electron chi connectivity index (χ4n) is 3.35. The van der Waals surface area contributed by atoms with Crippen LogP contribution in [0.2, 0.25) is 0 Å². The topological polar surface area (TPSA) is 24.9 Å². The summed E-state index contributed by atoms with van der Waals surface area (Å²) < 4.78 is 0. The van der Waals surface area contributed by atoms with E-state index in [4.69, 9.17) is 0 Å². The van der Waals surface area contributed by atoms with Crippen LogP contribution >= 0.6 is 11.8 Å². The van der Waals surface area contributed by atoms with Gasteiger partial charge in [-0.1, -0.05) is 44.9 Å². The number of hydrogen-bond acceptors (Lipinski definition) is 3. The van der Waals surface area contributed by atoms with Crippen molar-refractivity contribution in [3.8, 4) is 0 Å². The number of pyridine rings is 1. The van der Waals surface area contributed by atoms with Crippen LogP contribution in [0.3, 0.4) is 0 Å². The van der Waals surface area contributed by atoms with Crippen molar-refractivity contribution >= 4 is 11.8 Å². The predicted octanol–water partition coefficient (Wildman–Crippen LogP) is 5.21. The molecule has 0 amide bonds. The fraction of sp³-hybridized carbons (Fsp3) is 0.450. The first-order valence-corrected chi connectivity index (χ1v) is 9.66. The smallest absolute Gasteiger partial charge is 0.0593 e. The average molecular weight is 327 g/mol. The van der Waals surface area contributed by atoms with Gasteiger partial charge in [-0.3, -0.25) is 10.3 Å². The van der Waals surface area contributed by atoms with Crippen molar-refractivity contribution in [2.45, 2.75) is 56.0 Å². The first-order valence-electron chi connectivity index (χ1n) is 8.67. The van der Waals surface area contributed by atoms with Gasteiger partial charge >= 0.3 is 0 Å². The zero-order valence-corrected chi connectivity index (χ0v) is 14.9. The van der Waals surface area contributed by atoms with E-state index in [1.165, 1.54) is 35.3 Å². The molecule has 122 valence electrons. The van der Waals surface area contributed by atoms with E-state index in [9.17, 15) is 0 Å². The van der Waals surface area contributed by atoms with E-state index < -0.39 is 0 Å². The number of unbranched alkanes of at least 4 members (excludes halogenated alkanes) is 1. The van der Waals surface area contributed by atoms with E-state index in [2.05, 4.69) is 60.5 Å². The standard InChI is InChI=1S/C20H26N2S/c1-3-5-12-20(4-2)15-23-18-9-7-6-8-17(18)19(22-20)16-10-13-21-14-11-16/h6-11,13-14,19,22H,3-5,12,15H2,1-2H3. The molecule has 1 aromatic carbocycles. The van der Waals surface area contributed by atoms with Crippen LogP contribution in [0.25, 0.3) is 0 Å². The molecular weight excluding hydrogens is 300 g/mol. The van der Waals surface area contributed by atoms with Gasteiger partial charge in [0, 0.05) is 28.6 Å². The lowest BCUT2D eigenvalue weighted by molar-refractivity contribution is 0.298. The van der Waals surface area contributed by atoms with Crippen LogP contribution in [0.15, 0.2) is 53.7 Å². The SMILES string of the molecule is CCCCC1(CC)CSc2ccccc2C(c2ccncc2)N1. The molecule has 1 aromatic heterocycles. The van der Waals surface area contributed by atoms with Crippen LogP contribution in [0.1, 0.15) is 56.7 Å². The molecule has 1 aliphatic rings. The highest BCUT2D eigenvalue weighted by atomic mass is 32.2.